The Bertz CT molecular complexity index is 1010. The first kappa shape index (κ1) is 23.8. The molecule has 0 bridgehead atoms. The molecule has 0 aliphatic rings. The zero-order valence-electron chi connectivity index (χ0n) is 16.5. The largest absolute Gasteiger partial charge is 0.456 e. The highest BCUT2D eigenvalue weighted by Gasteiger charge is 2.20. The summed E-state index contributed by atoms with van der Waals surface area (Å²) in [6.45, 7) is 1.43. The maximum atomic E-state index is 13.0. The molecule has 2 aromatic rings. The molecule has 1 amide bonds. The lowest BCUT2D eigenvalue weighted by atomic mass is 10.2. The fourth-order valence-electron chi connectivity index (χ4n) is 2.44. The van der Waals surface area contributed by atoms with Crippen molar-refractivity contribution in [3.05, 3.63) is 58.9 Å². The van der Waals surface area contributed by atoms with Crippen molar-refractivity contribution in [2.24, 2.45) is 0 Å². The quantitative estimate of drug-likeness (QED) is 0.584. The van der Waals surface area contributed by atoms with Gasteiger partial charge in [-0.15, -0.1) is 0 Å². The number of nitrogens with one attached hydrogen (secondary N) is 1. The summed E-state index contributed by atoms with van der Waals surface area (Å²) in [5.74, 6) is -1.67. The first-order valence-corrected chi connectivity index (χ1v) is 10.8. The highest BCUT2D eigenvalue weighted by atomic mass is 35.5. The van der Waals surface area contributed by atoms with Gasteiger partial charge in [-0.05, 0) is 55.3 Å². The van der Waals surface area contributed by atoms with Crippen LogP contribution in [0.1, 0.15) is 18.4 Å². The van der Waals surface area contributed by atoms with Crippen LogP contribution in [0.15, 0.2) is 47.4 Å². The Morgan fingerprint density at radius 2 is 1.83 bits per heavy atom. The van der Waals surface area contributed by atoms with Gasteiger partial charge in [0.1, 0.15) is 5.82 Å². The number of carbonyl (C=O) groups excluding carboxylic acids is 2. The van der Waals surface area contributed by atoms with Gasteiger partial charge in [0.2, 0.25) is 10.0 Å². The number of amides is 1. The second-order valence-electron chi connectivity index (χ2n) is 6.56. The van der Waals surface area contributed by atoms with E-state index in [9.17, 15) is 22.4 Å². The Labute approximate surface area is 179 Å². The molecule has 0 aliphatic heterocycles. The molecular weight excluding hydrogens is 435 g/mol. The monoisotopic (exact) mass is 456 g/mol. The minimum atomic E-state index is -3.78. The molecule has 0 atom stereocenters. The summed E-state index contributed by atoms with van der Waals surface area (Å²) in [6, 6.07) is 9.50. The SMILES string of the molecule is Cc1ccc(NC(=O)COC(=O)CCCN(C)S(=O)(=O)c2ccc(F)cc2)cc1Cl. The number of esters is 1. The molecule has 0 fully saturated rings. The first-order valence-electron chi connectivity index (χ1n) is 9.03. The van der Waals surface area contributed by atoms with E-state index >= 15 is 0 Å². The molecule has 10 heteroatoms. The number of hydrogen-bond donors (Lipinski definition) is 1. The minimum absolute atomic E-state index is 0.0399. The number of anilines is 1. The molecule has 0 radical (unpaired) electrons. The van der Waals surface area contributed by atoms with Crippen molar-refractivity contribution in [2.75, 3.05) is 25.5 Å². The van der Waals surface area contributed by atoms with Gasteiger partial charge in [-0.1, -0.05) is 17.7 Å². The van der Waals surface area contributed by atoms with Crippen LogP contribution in [0.3, 0.4) is 0 Å². The molecule has 0 saturated heterocycles. The molecule has 0 heterocycles. The summed E-state index contributed by atoms with van der Waals surface area (Å²) in [7, 11) is -2.42. The third-order valence-electron chi connectivity index (χ3n) is 4.20. The molecule has 0 aliphatic carbocycles. The number of aryl methyl sites for hydroxylation is 1. The number of benzene rings is 2. The lowest BCUT2D eigenvalue weighted by molar-refractivity contribution is -0.147. The van der Waals surface area contributed by atoms with Gasteiger partial charge >= 0.3 is 5.97 Å². The number of carbonyl (C=O) groups is 2. The van der Waals surface area contributed by atoms with Crippen LogP contribution in [0.5, 0.6) is 0 Å². The van der Waals surface area contributed by atoms with E-state index < -0.39 is 34.3 Å². The van der Waals surface area contributed by atoms with Gasteiger partial charge in [-0.2, -0.15) is 0 Å². The van der Waals surface area contributed by atoms with Crippen molar-refractivity contribution < 1.29 is 27.1 Å². The molecule has 0 spiro atoms. The average Bonchev–Trinajstić information content (AvgIpc) is 2.69. The third kappa shape index (κ3) is 6.79. The number of halogens is 2. The van der Waals surface area contributed by atoms with Crippen LogP contribution >= 0.6 is 11.6 Å². The van der Waals surface area contributed by atoms with Gasteiger partial charge in [0, 0.05) is 30.7 Å². The molecule has 162 valence electrons. The van der Waals surface area contributed by atoms with Crippen LogP contribution in [0.4, 0.5) is 10.1 Å². The zero-order valence-corrected chi connectivity index (χ0v) is 18.1. The van der Waals surface area contributed by atoms with Crippen LogP contribution in [0.2, 0.25) is 5.02 Å². The second-order valence-corrected chi connectivity index (χ2v) is 9.01. The zero-order chi connectivity index (χ0) is 22.3. The summed E-state index contributed by atoms with van der Waals surface area (Å²) in [5.41, 5.74) is 1.35. The third-order valence-corrected chi connectivity index (χ3v) is 6.47. The Morgan fingerprint density at radius 3 is 2.47 bits per heavy atom. The molecule has 7 nitrogen and oxygen atoms in total. The topological polar surface area (TPSA) is 92.8 Å². The van der Waals surface area contributed by atoms with Crippen molar-refractivity contribution in [1.82, 2.24) is 4.31 Å². The van der Waals surface area contributed by atoms with Crippen molar-refractivity contribution >= 4 is 39.2 Å². The summed E-state index contributed by atoms with van der Waals surface area (Å²) in [4.78, 5) is 23.6. The van der Waals surface area contributed by atoms with Crippen molar-refractivity contribution in [3.8, 4) is 0 Å². The predicted molar refractivity (Wildman–Crippen MR) is 111 cm³/mol. The molecule has 0 saturated carbocycles. The Morgan fingerprint density at radius 1 is 1.17 bits per heavy atom. The average molecular weight is 457 g/mol. The van der Waals surface area contributed by atoms with Crippen LogP contribution in [0, 0.1) is 12.7 Å². The van der Waals surface area contributed by atoms with Gasteiger partial charge in [-0.25, -0.2) is 17.1 Å². The van der Waals surface area contributed by atoms with Crippen LogP contribution < -0.4 is 5.32 Å². The normalized spacial score (nSPS) is 11.4. The molecule has 2 rings (SSSR count). The second kappa shape index (κ2) is 10.5. The Kier molecular flexibility index (Phi) is 8.33. The van der Waals surface area contributed by atoms with E-state index in [1.807, 2.05) is 6.92 Å². The lowest BCUT2D eigenvalue weighted by Gasteiger charge is -2.17. The molecule has 1 N–H and O–H groups in total. The summed E-state index contributed by atoms with van der Waals surface area (Å²) in [5, 5.41) is 3.07. The van der Waals surface area contributed by atoms with E-state index in [2.05, 4.69) is 5.32 Å². The highest BCUT2D eigenvalue weighted by Crippen LogP contribution is 2.20. The van der Waals surface area contributed by atoms with Crippen molar-refractivity contribution in [3.63, 3.8) is 0 Å². The fraction of sp³-hybridized carbons (Fsp3) is 0.300. The summed E-state index contributed by atoms with van der Waals surface area (Å²) < 4.78 is 43.7. The van der Waals surface area contributed by atoms with Crippen LogP contribution in [-0.4, -0.2) is 44.8 Å². The first-order chi connectivity index (χ1) is 14.1. The van der Waals surface area contributed by atoms with E-state index in [0.717, 1.165) is 22.0 Å². The van der Waals surface area contributed by atoms with E-state index in [1.54, 1.807) is 18.2 Å². The van der Waals surface area contributed by atoms with E-state index in [-0.39, 0.29) is 24.3 Å². The molecule has 30 heavy (non-hydrogen) atoms. The number of hydrogen-bond acceptors (Lipinski definition) is 5. The van der Waals surface area contributed by atoms with Gasteiger partial charge in [0.25, 0.3) is 5.91 Å². The number of ether oxygens (including phenoxy) is 1. The van der Waals surface area contributed by atoms with Gasteiger partial charge < -0.3 is 10.1 Å². The van der Waals surface area contributed by atoms with Crippen molar-refractivity contribution in [1.29, 1.82) is 0 Å². The van der Waals surface area contributed by atoms with Gasteiger partial charge in [-0.3, -0.25) is 9.59 Å². The predicted octanol–water partition coefficient (Wildman–Crippen LogP) is 3.37. The standard InChI is InChI=1S/C20H22ClFN2O5S/c1-14-5-8-16(12-18(14)21)23-19(25)13-29-20(26)4-3-11-24(2)30(27,28)17-9-6-15(22)7-10-17/h5-10,12H,3-4,11,13H2,1-2H3,(H,23,25). The maximum absolute atomic E-state index is 13.0. The molecule has 0 unspecified atom stereocenters. The van der Waals surface area contributed by atoms with Gasteiger partial charge in [0.15, 0.2) is 6.61 Å². The molecule has 2 aromatic carbocycles. The van der Waals surface area contributed by atoms with Crippen LogP contribution in [-0.2, 0) is 24.3 Å². The van der Waals surface area contributed by atoms with E-state index in [4.69, 9.17) is 16.3 Å². The summed E-state index contributed by atoms with van der Waals surface area (Å²) >= 11 is 5.99. The highest BCUT2D eigenvalue weighted by molar-refractivity contribution is 7.89. The van der Waals surface area contributed by atoms with Gasteiger partial charge in [0.05, 0.1) is 4.90 Å². The Balaban J connectivity index is 1.74. The number of rotatable bonds is 9. The molecule has 0 aromatic heterocycles. The lowest BCUT2D eigenvalue weighted by Crippen LogP contribution is -2.28. The number of sulfonamides is 1. The van der Waals surface area contributed by atoms with E-state index in [1.165, 1.54) is 19.2 Å². The fourth-order valence-corrected chi connectivity index (χ4v) is 3.83. The van der Waals surface area contributed by atoms with Crippen LogP contribution in [0.25, 0.3) is 0 Å². The maximum Gasteiger partial charge on any atom is 0.306 e. The summed E-state index contributed by atoms with van der Waals surface area (Å²) in [6.07, 6.45) is 0.137. The molecular formula is C20H22ClFN2O5S. The number of nitrogens with zero attached hydrogens (tertiary/aromatic N) is 1. The van der Waals surface area contributed by atoms with E-state index in [0.29, 0.717) is 10.7 Å². The van der Waals surface area contributed by atoms with Crippen molar-refractivity contribution in [2.45, 2.75) is 24.7 Å². The minimum Gasteiger partial charge on any atom is -0.456 e. The smallest absolute Gasteiger partial charge is 0.306 e. The Hall–Kier alpha value is -2.49.